The number of carbonyl (C=O) groups is 1. The maximum Gasteiger partial charge on any atom is 0.257 e. The lowest BCUT2D eigenvalue weighted by Gasteiger charge is -2.09. The van der Waals surface area contributed by atoms with Crippen molar-refractivity contribution in [1.82, 2.24) is 4.98 Å². The number of methoxy groups -OCH3 is 2. The molecule has 1 amide bonds. The summed E-state index contributed by atoms with van der Waals surface area (Å²) < 4.78 is 10.4. The smallest absolute Gasteiger partial charge is 0.257 e. The maximum atomic E-state index is 12.5. The molecule has 3 aromatic rings. The lowest BCUT2D eigenvalue weighted by molar-refractivity contribution is 0.102. The molecule has 0 aliphatic rings. The fourth-order valence-electron chi connectivity index (χ4n) is 2.50. The van der Waals surface area contributed by atoms with Gasteiger partial charge in [0.1, 0.15) is 0 Å². The third kappa shape index (κ3) is 3.81. The second kappa shape index (κ2) is 7.76. The van der Waals surface area contributed by atoms with Gasteiger partial charge in [-0.2, -0.15) is 0 Å². The molecule has 1 heterocycles. The van der Waals surface area contributed by atoms with Crippen molar-refractivity contribution in [2.75, 3.05) is 19.5 Å². The van der Waals surface area contributed by atoms with Gasteiger partial charge in [-0.05, 0) is 37.3 Å². The molecule has 0 spiro atoms. The third-order valence-electron chi connectivity index (χ3n) is 3.76. The van der Waals surface area contributed by atoms with Gasteiger partial charge in [0.25, 0.3) is 5.91 Å². The molecule has 0 saturated carbocycles. The number of anilines is 1. The van der Waals surface area contributed by atoms with Crippen LogP contribution in [0, 0.1) is 6.92 Å². The van der Waals surface area contributed by atoms with E-state index in [9.17, 15) is 4.79 Å². The summed E-state index contributed by atoms with van der Waals surface area (Å²) in [6.45, 7) is 1.96. The highest BCUT2D eigenvalue weighted by Crippen LogP contribution is 2.32. The van der Waals surface area contributed by atoms with Crippen molar-refractivity contribution in [2.45, 2.75) is 6.92 Å². The highest BCUT2D eigenvalue weighted by molar-refractivity contribution is 7.16. The van der Waals surface area contributed by atoms with Gasteiger partial charge in [-0.1, -0.05) is 23.7 Å². The molecule has 0 bridgehead atoms. The van der Waals surface area contributed by atoms with Crippen molar-refractivity contribution < 1.29 is 14.3 Å². The van der Waals surface area contributed by atoms with E-state index in [0.29, 0.717) is 27.2 Å². The molecule has 2 aromatic carbocycles. The van der Waals surface area contributed by atoms with Gasteiger partial charge in [0.2, 0.25) is 0 Å². The number of aromatic nitrogens is 1. The highest BCUT2D eigenvalue weighted by Gasteiger charge is 2.15. The number of hydrogen-bond acceptors (Lipinski definition) is 5. The van der Waals surface area contributed by atoms with Crippen molar-refractivity contribution in [3.63, 3.8) is 0 Å². The van der Waals surface area contributed by atoms with Gasteiger partial charge in [-0.3, -0.25) is 10.1 Å². The Kier molecular flexibility index (Phi) is 5.44. The van der Waals surface area contributed by atoms with Crippen LogP contribution in [0.4, 0.5) is 5.13 Å². The number of carbonyl (C=O) groups excluding carboxylic acids is 1. The zero-order valence-electron chi connectivity index (χ0n) is 14.5. The molecule has 134 valence electrons. The zero-order valence-corrected chi connectivity index (χ0v) is 16.1. The van der Waals surface area contributed by atoms with Gasteiger partial charge in [0.05, 0.1) is 19.9 Å². The van der Waals surface area contributed by atoms with E-state index < -0.39 is 0 Å². The molecule has 26 heavy (non-hydrogen) atoms. The molecule has 5 nitrogen and oxygen atoms in total. The lowest BCUT2D eigenvalue weighted by atomic mass is 10.1. The summed E-state index contributed by atoms with van der Waals surface area (Å²) in [5, 5.41) is 4.00. The topological polar surface area (TPSA) is 60.5 Å². The fourth-order valence-corrected chi connectivity index (χ4v) is 3.52. The van der Waals surface area contributed by atoms with Crippen LogP contribution in [0.1, 0.15) is 15.2 Å². The van der Waals surface area contributed by atoms with Crippen LogP contribution in [0.3, 0.4) is 0 Å². The lowest BCUT2D eigenvalue weighted by Crippen LogP contribution is -2.11. The predicted molar refractivity (Wildman–Crippen MR) is 105 cm³/mol. The summed E-state index contributed by atoms with van der Waals surface area (Å²) in [5.41, 5.74) is 2.18. The third-order valence-corrected chi connectivity index (χ3v) is 4.88. The Morgan fingerprint density at radius 3 is 2.58 bits per heavy atom. The molecule has 3 rings (SSSR count). The molecule has 0 fully saturated rings. The van der Waals surface area contributed by atoms with E-state index in [-0.39, 0.29) is 5.91 Å². The van der Waals surface area contributed by atoms with Crippen LogP contribution >= 0.6 is 22.9 Å². The first kappa shape index (κ1) is 18.2. The van der Waals surface area contributed by atoms with Crippen LogP contribution in [0.5, 0.6) is 11.5 Å². The number of ether oxygens (including phenoxy) is 2. The van der Waals surface area contributed by atoms with E-state index in [2.05, 4.69) is 10.3 Å². The molecular formula is C19H17ClN2O3S. The SMILES string of the molecule is COc1ccc(C(=O)Nc2nc(-c3cccc(Cl)c3)c(C)s2)cc1OC. The molecular weight excluding hydrogens is 372 g/mol. The van der Waals surface area contributed by atoms with Gasteiger partial charge < -0.3 is 9.47 Å². The quantitative estimate of drug-likeness (QED) is 0.665. The monoisotopic (exact) mass is 388 g/mol. The standard InChI is InChI=1S/C19H17ClN2O3S/c1-11-17(12-5-4-6-14(20)9-12)21-19(26-11)22-18(23)13-7-8-15(24-2)16(10-13)25-3/h4-10H,1-3H3,(H,21,22,23). The Hall–Kier alpha value is -2.57. The zero-order chi connectivity index (χ0) is 18.7. The van der Waals surface area contributed by atoms with Crippen LogP contribution in [0.2, 0.25) is 5.02 Å². The number of amides is 1. The van der Waals surface area contributed by atoms with E-state index in [4.69, 9.17) is 21.1 Å². The van der Waals surface area contributed by atoms with E-state index >= 15 is 0 Å². The van der Waals surface area contributed by atoms with Crippen LogP contribution in [-0.2, 0) is 0 Å². The minimum atomic E-state index is -0.266. The van der Waals surface area contributed by atoms with Crippen LogP contribution < -0.4 is 14.8 Å². The van der Waals surface area contributed by atoms with Gasteiger partial charge >= 0.3 is 0 Å². The Morgan fingerprint density at radius 2 is 1.88 bits per heavy atom. The van der Waals surface area contributed by atoms with Gasteiger partial charge in [-0.15, -0.1) is 11.3 Å². The highest BCUT2D eigenvalue weighted by atomic mass is 35.5. The Labute approximate surface area is 160 Å². The Bertz CT molecular complexity index is 956. The van der Waals surface area contributed by atoms with Crippen molar-refractivity contribution >= 4 is 34.0 Å². The van der Waals surface area contributed by atoms with Gasteiger partial charge in [0, 0.05) is 21.0 Å². The van der Waals surface area contributed by atoms with E-state index in [1.165, 1.54) is 18.4 Å². The fraction of sp³-hybridized carbons (Fsp3) is 0.158. The van der Waals surface area contributed by atoms with Crippen molar-refractivity contribution in [1.29, 1.82) is 0 Å². The number of nitrogens with one attached hydrogen (secondary N) is 1. The summed E-state index contributed by atoms with van der Waals surface area (Å²) in [7, 11) is 3.08. The average molecular weight is 389 g/mol. The maximum absolute atomic E-state index is 12.5. The molecule has 1 aromatic heterocycles. The van der Waals surface area contributed by atoms with Crippen molar-refractivity contribution in [3.8, 4) is 22.8 Å². The minimum absolute atomic E-state index is 0.266. The number of halogens is 1. The second-order valence-corrected chi connectivity index (χ2v) is 7.10. The number of aryl methyl sites for hydroxylation is 1. The van der Waals surface area contributed by atoms with Crippen molar-refractivity contribution in [2.24, 2.45) is 0 Å². The van der Waals surface area contributed by atoms with Gasteiger partial charge in [-0.25, -0.2) is 4.98 Å². The molecule has 1 N–H and O–H groups in total. The van der Waals surface area contributed by atoms with Crippen LogP contribution in [0.15, 0.2) is 42.5 Å². The second-order valence-electron chi connectivity index (χ2n) is 5.46. The summed E-state index contributed by atoms with van der Waals surface area (Å²) in [5.74, 6) is 0.796. The summed E-state index contributed by atoms with van der Waals surface area (Å²) in [4.78, 5) is 18.1. The van der Waals surface area contributed by atoms with E-state index in [0.717, 1.165) is 16.1 Å². The largest absolute Gasteiger partial charge is 0.493 e. The summed E-state index contributed by atoms with van der Waals surface area (Å²) >= 11 is 7.47. The number of rotatable bonds is 5. The summed E-state index contributed by atoms with van der Waals surface area (Å²) in [6.07, 6.45) is 0. The number of thiazole rings is 1. The number of nitrogens with zero attached hydrogens (tertiary/aromatic N) is 1. The molecule has 0 aliphatic heterocycles. The predicted octanol–water partition coefficient (Wildman–Crippen LogP) is 5.04. The Balaban J connectivity index is 1.83. The first-order valence-electron chi connectivity index (χ1n) is 7.78. The summed E-state index contributed by atoms with van der Waals surface area (Å²) in [6, 6.07) is 12.5. The average Bonchev–Trinajstić information content (AvgIpc) is 3.01. The van der Waals surface area contributed by atoms with Crippen molar-refractivity contribution in [3.05, 3.63) is 57.9 Å². The molecule has 0 aliphatic carbocycles. The first-order valence-corrected chi connectivity index (χ1v) is 8.98. The molecule has 0 radical (unpaired) electrons. The van der Waals surface area contributed by atoms with E-state index in [1.54, 1.807) is 25.3 Å². The van der Waals surface area contributed by atoms with E-state index in [1.807, 2.05) is 31.2 Å². The minimum Gasteiger partial charge on any atom is -0.493 e. The number of benzene rings is 2. The molecule has 7 heteroatoms. The molecule has 0 unspecified atom stereocenters. The van der Waals surface area contributed by atoms with Crippen LogP contribution in [-0.4, -0.2) is 25.1 Å². The first-order chi connectivity index (χ1) is 12.5. The molecule has 0 atom stereocenters. The molecule has 0 saturated heterocycles. The van der Waals surface area contributed by atoms with Crippen LogP contribution in [0.25, 0.3) is 11.3 Å². The number of hydrogen-bond donors (Lipinski definition) is 1. The normalized spacial score (nSPS) is 10.5. The Morgan fingerprint density at radius 1 is 1.12 bits per heavy atom. The van der Waals surface area contributed by atoms with Gasteiger partial charge in [0.15, 0.2) is 16.6 Å².